The molecule has 2 amide bonds. The average Bonchev–Trinajstić information content (AvgIpc) is 2.37. The second kappa shape index (κ2) is 6.26. The lowest BCUT2D eigenvalue weighted by Crippen LogP contribution is -2.38. The van der Waals surface area contributed by atoms with Crippen molar-refractivity contribution in [3.8, 4) is 0 Å². The molecular weight excluding hydrogens is 254 g/mol. The number of rotatable bonds is 4. The van der Waals surface area contributed by atoms with Gasteiger partial charge in [-0.25, -0.2) is 0 Å². The van der Waals surface area contributed by atoms with E-state index in [2.05, 4.69) is 5.32 Å². The Morgan fingerprint density at radius 3 is 2.67 bits per heavy atom. The Morgan fingerprint density at radius 2 is 2.11 bits per heavy atom. The molecule has 1 rings (SSSR count). The van der Waals surface area contributed by atoms with Crippen LogP contribution in [0.5, 0.6) is 0 Å². The Labute approximate surface area is 111 Å². The van der Waals surface area contributed by atoms with Crippen molar-refractivity contribution >= 4 is 29.1 Å². The van der Waals surface area contributed by atoms with Crippen LogP contribution in [-0.2, 0) is 4.79 Å². The van der Waals surface area contributed by atoms with Gasteiger partial charge in [-0.05, 0) is 25.1 Å². The summed E-state index contributed by atoms with van der Waals surface area (Å²) in [4.78, 5) is 24.8. The van der Waals surface area contributed by atoms with Crippen molar-refractivity contribution in [3.63, 3.8) is 0 Å². The molecule has 0 heterocycles. The first kappa shape index (κ1) is 14.3. The number of nitrogens with zero attached hydrogens (tertiary/aromatic N) is 1. The largest absolute Gasteiger partial charge is 0.398 e. The molecule has 0 saturated heterocycles. The maximum atomic E-state index is 11.7. The van der Waals surface area contributed by atoms with Crippen LogP contribution in [0.3, 0.4) is 0 Å². The molecule has 5 nitrogen and oxygen atoms in total. The number of halogens is 1. The van der Waals surface area contributed by atoms with Crippen molar-refractivity contribution in [1.82, 2.24) is 10.2 Å². The fourth-order valence-electron chi connectivity index (χ4n) is 1.25. The van der Waals surface area contributed by atoms with Crippen LogP contribution in [0.2, 0.25) is 5.02 Å². The molecule has 1 aromatic rings. The van der Waals surface area contributed by atoms with Gasteiger partial charge in [-0.1, -0.05) is 11.6 Å². The van der Waals surface area contributed by atoms with Crippen molar-refractivity contribution in [3.05, 3.63) is 28.8 Å². The number of carbonyl (C=O) groups excluding carboxylic acids is 2. The highest BCUT2D eigenvalue weighted by Gasteiger charge is 2.11. The Hall–Kier alpha value is -1.75. The summed E-state index contributed by atoms with van der Waals surface area (Å²) in [6, 6.07) is 4.58. The Morgan fingerprint density at radius 1 is 1.44 bits per heavy atom. The quantitative estimate of drug-likeness (QED) is 0.805. The van der Waals surface area contributed by atoms with E-state index in [0.29, 0.717) is 22.8 Å². The van der Waals surface area contributed by atoms with E-state index in [1.54, 1.807) is 19.2 Å². The highest BCUT2D eigenvalue weighted by Crippen LogP contribution is 2.19. The first-order chi connectivity index (χ1) is 8.45. The van der Waals surface area contributed by atoms with Crippen LogP contribution in [0.1, 0.15) is 17.3 Å². The summed E-state index contributed by atoms with van der Waals surface area (Å²) in [5, 5.41) is 2.93. The van der Waals surface area contributed by atoms with Crippen LogP contribution in [0.4, 0.5) is 5.69 Å². The maximum absolute atomic E-state index is 11.7. The number of hydrogen-bond donors (Lipinski definition) is 2. The zero-order chi connectivity index (χ0) is 13.7. The van der Waals surface area contributed by atoms with Crippen LogP contribution < -0.4 is 11.1 Å². The van der Waals surface area contributed by atoms with Gasteiger partial charge in [0.1, 0.15) is 0 Å². The average molecular weight is 270 g/mol. The molecular formula is C12H16ClN3O2. The van der Waals surface area contributed by atoms with Crippen LogP contribution in [0.15, 0.2) is 18.2 Å². The molecule has 6 heteroatoms. The summed E-state index contributed by atoms with van der Waals surface area (Å²) in [6.07, 6.45) is 0. The minimum Gasteiger partial charge on any atom is -0.398 e. The van der Waals surface area contributed by atoms with Gasteiger partial charge in [0.2, 0.25) is 5.91 Å². The van der Waals surface area contributed by atoms with E-state index in [9.17, 15) is 9.59 Å². The number of nitrogens with two attached hydrogens (primary N) is 1. The molecule has 0 bridgehead atoms. The number of anilines is 1. The van der Waals surface area contributed by atoms with Gasteiger partial charge in [0.15, 0.2) is 0 Å². The third kappa shape index (κ3) is 3.63. The number of likely N-dealkylation sites (N-methyl/N-ethyl adjacent to an activating group) is 1. The molecule has 0 radical (unpaired) electrons. The van der Waals surface area contributed by atoms with Gasteiger partial charge in [-0.2, -0.15) is 0 Å². The summed E-state index contributed by atoms with van der Waals surface area (Å²) < 4.78 is 0. The van der Waals surface area contributed by atoms with E-state index in [4.69, 9.17) is 17.3 Å². The van der Waals surface area contributed by atoms with E-state index in [1.165, 1.54) is 11.0 Å². The minimum absolute atomic E-state index is 0.0360. The molecule has 98 valence electrons. The number of amides is 2. The van der Waals surface area contributed by atoms with Crippen LogP contribution in [0.25, 0.3) is 0 Å². The number of nitrogens with one attached hydrogen (secondary N) is 1. The van der Waals surface area contributed by atoms with Gasteiger partial charge in [0.25, 0.3) is 5.91 Å². The summed E-state index contributed by atoms with van der Waals surface area (Å²) in [6.45, 7) is 2.42. The summed E-state index contributed by atoms with van der Waals surface area (Å²) >= 11 is 5.76. The summed E-state index contributed by atoms with van der Waals surface area (Å²) in [7, 11) is 1.68. The van der Waals surface area contributed by atoms with Crippen molar-refractivity contribution in [2.75, 3.05) is 25.9 Å². The SMILES string of the molecule is CCN(C)C(=O)CNC(=O)c1ccc(Cl)c(N)c1. The number of carbonyl (C=O) groups is 2. The lowest BCUT2D eigenvalue weighted by atomic mass is 10.2. The topological polar surface area (TPSA) is 75.4 Å². The number of hydrogen-bond acceptors (Lipinski definition) is 3. The molecule has 0 aliphatic carbocycles. The zero-order valence-electron chi connectivity index (χ0n) is 10.4. The standard InChI is InChI=1S/C12H16ClN3O2/c1-3-16(2)11(17)7-15-12(18)8-4-5-9(13)10(14)6-8/h4-6H,3,7,14H2,1-2H3,(H,15,18). The fraction of sp³-hybridized carbons (Fsp3) is 0.333. The molecule has 0 fully saturated rings. The first-order valence-corrected chi connectivity index (χ1v) is 5.90. The van der Waals surface area contributed by atoms with E-state index in [-0.39, 0.29) is 18.4 Å². The van der Waals surface area contributed by atoms with Gasteiger partial charge in [0, 0.05) is 19.2 Å². The summed E-state index contributed by atoms with van der Waals surface area (Å²) in [5.74, 6) is -0.496. The second-order valence-electron chi connectivity index (χ2n) is 3.83. The second-order valence-corrected chi connectivity index (χ2v) is 4.23. The van der Waals surface area contributed by atoms with E-state index < -0.39 is 0 Å². The molecule has 0 saturated carbocycles. The first-order valence-electron chi connectivity index (χ1n) is 5.53. The Kier molecular flexibility index (Phi) is 4.97. The third-order valence-corrected chi connectivity index (χ3v) is 2.90. The normalized spacial score (nSPS) is 9.94. The van der Waals surface area contributed by atoms with E-state index in [0.717, 1.165) is 0 Å². The predicted molar refractivity (Wildman–Crippen MR) is 71.5 cm³/mol. The number of benzene rings is 1. The van der Waals surface area contributed by atoms with Gasteiger partial charge in [0.05, 0.1) is 17.3 Å². The molecule has 1 aromatic carbocycles. The van der Waals surface area contributed by atoms with Crippen molar-refractivity contribution in [1.29, 1.82) is 0 Å². The molecule has 0 aliphatic heterocycles. The number of nitrogen functional groups attached to an aromatic ring is 1. The smallest absolute Gasteiger partial charge is 0.251 e. The molecule has 3 N–H and O–H groups in total. The van der Waals surface area contributed by atoms with Gasteiger partial charge < -0.3 is 16.0 Å². The fourth-order valence-corrected chi connectivity index (χ4v) is 1.37. The van der Waals surface area contributed by atoms with E-state index >= 15 is 0 Å². The summed E-state index contributed by atoms with van der Waals surface area (Å²) in [5.41, 5.74) is 6.31. The van der Waals surface area contributed by atoms with Crippen molar-refractivity contribution in [2.45, 2.75) is 6.92 Å². The molecule has 0 aromatic heterocycles. The molecule has 0 atom stereocenters. The van der Waals surface area contributed by atoms with E-state index in [1.807, 2.05) is 6.92 Å². The van der Waals surface area contributed by atoms with Gasteiger partial charge in [-0.15, -0.1) is 0 Å². The zero-order valence-corrected chi connectivity index (χ0v) is 11.1. The highest BCUT2D eigenvalue weighted by atomic mass is 35.5. The predicted octanol–water partition coefficient (Wildman–Crippen LogP) is 1.13. The highest BCUT2D eigenvalue weighted by molar-refractivity contribution is 6.33. The molecule has 0 spiro atoms. The van der Waals surface area contributed by atoms with Crippen LogP contribution in [0, 0.1) is 0 Å². The molecule has 0 unspecified atom stereocenters. The lowest BCUT2D eigenvalue weighted by molar-refractivity contribution is -0.128. The Bertz CT molecular complexity index is 463. The van der Waals surface area contributed by atoms with Crippen LogP contribution >= 0.6 is 11.6 Å². The lowest BCUT2D eigenvalue weighted by Gasteiger charge is -2.14. The minimum atomic E-state index is -0.351. The Balaban J connectivity index is 2.60. The van der Waals surface area contributed by atoms with Crippen LogP contribution in [-0.4, -0.2) is 36.9 Å². The third-order valence-electron chi connectivity index (χ3n) is 2.56. The van der Waals surface area contributed by atoms with Crippen molar-refractivity contribution < 1.29 is 9.59 Å². The molecule has 0 aliphatic rings. The van der Waals surface area contributed by atoms with Gasteiger partial charge >= 0.3 is 0 Å². The van der Waals surface area contributed by atoms with Gasteiger partial charge in [-0.3, -0.25) is 9.59 Å². The molecule has 18 heavy (non-hydrogen) atoms. The monoisotopic (exact) mass is 269 g/mol. The maximum Gasteiger partial charge on any atom is 0.251 e. The van der Waals surface area contributed by atoms with Crippen molar-refractivity contribution in [2.24, 2.45) is 0 Å².